The molecule has 2 aromatic rings. The number of aromatic nitrogens is 3. The number of carbonyl (C=O) groups is 1. The van der Waals surface area contributed by atoms with Crippen LogP contribution in [0.25, 0.3) is 0 Å². The summed E-state index contributed by atoms with van der Waals surface area (Å²) < 4.78 is 13.1. The van der Waals surface area contributed by atoms with Crippen LogP contribution in [0.5, 0.6) is 5.75 Å². The minimum Gasteiger partial charge on any atom is -0.496 e. The molecule has 8 nitrogen and oxygen atoms in total. The molecule has 0 atom stereocenters. The summed E-state index contributed by atoms with van der Waals surface area (Å²) in [7, 11) is 1.69. The van der Waals surface area contributed by atoms with Crippen molar-refractivity contribution in [3.63, 3.8) is 0 Å². The summed E-state index contributed by atoms with van der Waals surface area (Å²) in [6.07, 6.45) is 5.12. The molecule has 1 N–H and O–H groups in total. The van der Waals surface area contributed by atoms with Gasteiger partial charge in [-0.2, -0.15) is 5.10 Å². The predicted octanol–water partition coefficient (Wildman–Crippen LogP) is 0.816. The molecule has 3 heterocycles. The molecule has 0 aliphatic carbocycles. The molecule has 1 amide bonds. The fourth-order valence-corrected chi connectivity index (χ4v) is 3.82. The molecule has 27 heavy (non-hydrogen) atoms. The molecule has 4 rings (SSSR count). The van der Waals surface area contributed by atoms with Crippen LogP contribution in [-0.4, -0.2) is 64.5 Å². The van der Waals surface area contributed by atoms with Gasteiger partial charge in [0.25, 0.3) is 0 Å². The third kappa shape index (κ3) is 4.12. The van der Waals surface area contributed by atoms with Crippen molar-refractivity contribution in [2.24, 2.45) is 0 Å². The second-order valence-corrected chi connectivity index (χ2v) is 7.26. The number of amides is 1. The van der Waals surface area contributed by atoms with Gasteiger partial charge in [-0.3, -0.25) is 9.69 Å². The number of hydrogen-bond acceptors (Lipinski definition) is 6. The number of methoxy groups -OCH3 is 1. The second kappa shape index (κ2) is 7.66. The Morgan fingerprint density at radius 3 is 2.81 bits per heavy atom. The number of nitrogens with one attached hydrogen (secondary N) is 1. The Kier molecular flexibility index (Phi) is 5.09. The smallest absolute Gasteiger partial charge is 0.246 e. The highest BCUT2D eigenvalue weighted by molar-refractivity contribution is 5.78. The van der Waals surface area contributed by atoms with Crippen molar-refractivity contribution in [3.8, 4) is 5.75 Å². The standard InChI is InChI=1S/C19H25N5O3/c1-26-17-3-2-15(8-16(17)10-24-14-20-13-22-24)9-23-6-4-19(5-7-23)12-21-18(25)11-27-19/h2-3,8,13-14H,4-7,9-12H2,1H3,(H,21,25). The minimum atomic E-state index is -0.178. The first kappa shape index (κ1) is 17.9. The van der Waals surface area contributed by atoms with Crippen molar-refractivity contribution in [1.29, 1.82) is 0 Å². The fourth-order valence-electron chi connectivity index (χ4n) is 3.82. The van der Waals surface area contributed by atoms with E-state index in [-0.39, 0.29) is 18.1 Å². The Balaban J connectivity index is 1.39. The summed E-state index contributed by atoms with van der Waals surface area (Å²) >= 11 is 0. The first-order valence-electron chi connectivity index (χ1n) is 9.27. The van der Waals surface area contributed by atoms with Gasteiger partial charge in [0, 0.05) is 31.7 Å². The van der Waals surface area contributed by atoms with Gasteiger partial charge in [-0.1, -0.05) is 6.07 Å². The molecule has 2 aliphatic heterocycles. The lowest BCUT2D eigenvalue weighted by Crippen LogP contribution is -2.57. The summed E-state index contributed by atoms with van der Waals surface area (Å²) in [4.78, 5) is 17.8. The number of benzene rings is 1. The predicted molar refractivity (Wildman–Crippen MR) is 98.3 cm³/mol. The lowest BCUT2D eigenvalue weighted by Gasteiger charge is -2.43. The molecule has 0 radical (unpaired) electrons. The van der Waals surface area contributed by atoms with E-state index < -0.39 is 0 Å². The Morgan fingerprint density at radius 2 is 2.15 bits per heavy atom. The van der Waals surface area contributed by atoms with Crippen molar-refractivity contribution < 1.29 is 14.3 Å². The summed E-state index contributed by atoms with van der Waals surface area (Å²) in [6.45, 7) is 4.25. The molecule has 1 aromatic carbocycles. The topological polar surface area (TPSA) is 81.5 Å². The minimum absolute atomic E-state index is 0.0128. The van der Waals surface area contributed by atoms with Gasteiger partial charge in [0.15, 0.2) is 0 Å². The Morgan fingerprint density at radius 1 is 1.30 bits per heavy atom. The maximum Gasteiger partial charge on any atom is 0.246 e. The Bertz CT molecular complexity index is 773. The van der Waals surface area contributed by atoms with Crippen LogP contribution in [0.3, 0.4) is 0 Å². The molecule has 0 saturated carbocycles. The summed E-state index contributed by atoms with van der Waals surface area (Å²) in [5.41, 5.74) is 2.16. The number of hydrogen-bond donors (Lipinski definition) is 1. The first-order valence-corrected chi connectivity index (χ1v) is 9.27. The molecule has 2 fully saturated rings. The van der Waals surface area contributed by atoms with Crippen molar-refractivity contribution in [2.45, 2.75) is 31.5 Å². The van der Waals surface area contributed by atoms with E-state index in [0.29, 0.717) is 13.1 Å². The summed E-state index contributed by atoms with van der Waals surface area (Å²) in [5, 5.41) is 7.12. The SMILES string of the molecule is COc1ccc(CN2CCC3(CC2)CNC(=O)CO3)cc1Cn1cncn1. The summed E-state index contributed by atoms with van der Waals surface area (Å²) in [6, 6.07) is 6.32. The van der Waals surface area contributed by atoms with Crippen LogP contribution in [0, 0.1) is 0 Å². The largest absolute Gasteiger partial charge is 0.496 e. The molecule has 1 aromatic heterocycles. The van der Waals surface area contributed by atoms with Gasteiger partial charge in [0.1, 0.15) is 25.0 Å². The molecular formula is C19H25N5O3. The molecular weight excluding hydrogens is 346 g/mol. The molecule has 1 spiro atoms. The number of ether oxygens (including phenoxy) is 2. The van der Waals surface area contributed by atoms with E-state index in [1.54, 1.807) is 18.1 Å². The van der Waals surface area contributed by atoms with Crippen LogP contribution in [0.15, 0.2) is 30.9 Å². The third-order valence-corrected chi connectivity index (χ3v) is 5.43. The monoisotopic (exact) mass is 371 g/mol. The maximum absolute atomic E-state index is 11.3. The third-order valence-electron chi connectivity index (χ3n) is 5.43. The van der Waals surface area contributed by atoms with Crippen molar-refractivity contribution >= 4 is 5.91 Å². The van der Waals surface area contributed by atoms with Crippen LogP contribution < -0.4 is 10.1 Å². The van der Waals surface area contributed by atoms with Crippen molar-refractivity contribution in [3.05, 3.63) is 42.0 Å². The lowest BCUT2D eigenvalue weighted by molar-refractivity contribution is -0.150. The van der Waals surface area contributed by atoms with Gasteiger partial charge in [-0.25, -0.2) is 9.67 Å². The van der Waals surface area contributed by atoms with Gasteiger partial charge in [-0.05, 0) is 30.5 Å². The zero-order valence-corrected chi connectivity index (χ0v) is 15.6. The van der Waals surface area contributed by atoms with Crippen molar-refractivity contribution in [1.82, 2.24) is 25.0 Å². The highest BCUT2D eigenvalue weighted by Crippen LogP contribution is 2.29. The zero-order valence-electron chi connectivity index (χ0n) is 15.6. The molecule has 8 heteroatoms. The quantitative estimate of drug-likeness (QED) is 0.838. The van der Waals surface area contributed by atoms with Gasteiger partial charge >= 0.3 is 0 Å². The average molecular weight is 371 g/mol. The number of morpholine rings is 1. The number of rotatable bonds is 5. The average Bonchev–Trinajstić information content (AvgIpc) is 3.20. The van der Waals surface area contributed by atoms with Crippen LogP contribution in [-0.2, 0) is 22.6 Å². The number of nitrogens with zero attached hydrogens (tertiary/aromatic N) is 4. The highest BCUT2D eigenvalue weighted by atomic mass is 16.5. The van der Waals surface area contributed by atoms with Crippen LogP contribution in [0.2, 0.25) is 0 Å². The first-order chi connectivity index (χ1) is 13.2. The van der Waals surface area contributed by atoms with E-state index in [1.807, 2.05) is 6.07 Å². The molecule has 2 saturated heterocycles. The van der Waals surface area contributed by atoms with Gasteiger partial charge in [0.2, 0.25) is 5.91 Å². The molecule has 2 aliphatic rings. The van der Waals surface area contributed by atoms with E-state index in [1.165, 1.54) is 11.9 Å². The highest BCUT2D eigenvalue weighted by Gasteiger charge is 2.38. The number of carbonyl (C=O) groups excluding carboxylic acids is 1. The second-order valence-electron chi connectivity index (χ2n) is 7.26. The number of piperidine rings is 1. The van der Waals surface area contributed by atoms with E-state index in [4.69, 9.17) is 9.47 Å². The van der Waals surface area contributed by atoms with E-state index in [0.717, 1.165) is 43.8 Å². The molecule has 144 valence electrons. The molecule has 0 unspecified atom stereocenters. The van der Waals surface area contributed by atoms with Crippen LogP contribution in [0.4, 0.5) is 0 Å². The van der Waals surface area contributed by atoms with E-state index >= 15 is 0 Å². The number of likely N-dealkylation sites (tertiary alicyclic amines) is 1. The van der Waals surface area contributed by atoms with Crippen LogP contribution in [0.1, 0.15) is 24.0 Å². The van der Waals surface area contributed by atoms with Gasteiger partial charge in [-0.15, -0.1) is 0 Å². The molecule has 0 bridgehead atoms. The van der Waals surface area contributed by atoms with Crippen molar-refractivity contribution in [2.75, 3.05) is 33.4 Å². The Hall–Kier alpha value is -2.45. The van der Waals surface area contributed by atoms with Gasteiger partial charge < -0.3 is 14.8 Å². The van der Waals surface area contributed by atoms with Gasteiger partial charge in [0.05, 0.1) is 19.3 Å². The lowest BCUT2D eigenvalue weighted by atomic mass is 9.89. The maximum atomic E-state index is 11.3. The van der Waals surface area contributed by atoms with Crippen LogP contribution >= 0.6 is 0 Å². The fraction of sp³-hybridized carbons (Fsp3) is 0.526. The normalized spacial score (nSPS) is 19.8. The van der Waals surface area contributed by atoms with E-state index in [9.17, 15) is 4.79 Å². The Labute approximate surface area is 158 Å². The zero-order chi connectivity index (χ0) is 18.7. The van der Waals surface area contributed by atoms with E-state index in [2.05, 4.69) is 32.4 Å². The summed E-state index contributed by atoms with van der Waals surface area (Å²) in [5.74, 6) is 0.847.